The molecular formula is C14H16N2OS. The maximum atomic E-state index is 12.2. The van der Waals surface area contributed by atoms with Gasteiger partial charge >= 0.3 is 0 Å². The first-order chi connectivity index (χ1) is 8.81. The molecule has 1 aromatic carbocycles. The lowest BCUT2D eigenvalue weighted by Crippen LogP contribution is -2.36. The summed E-state index contributed by atoms with van der Waals surface area (Å²) in [6.07, 6.45) is 5.80. The highest BCUT2D eigenvalue weighted by Gasteiger charge is 2.18. The molecule has 3 nitrogen and oxygen atoms in total. The maximum Gasteiger partial charge on any atom is 0.252 e. The van der Waals surface area contributed by atoms with Crippen molar-refractivity contribution in [2.45, 2.75) is 43.0 Å². The van der Waals surface area contributed by atoms with Crippen LogP contribution in [0, 0.1) is 10.7 Å². The summed E-state index contributed by atoms with van der Waals surface area (Å²) in [6, 6.07) is 7.56. The van der Waals surface area contributed by atoms with Crippen LogP contribution < -0.4 is 5.32 Å². The molecule has 0 saturated heterocycles. The molecule has 1 aliphatic carbocycles. The summed E-state index contributed by atoms with van der Waals surface area (Å²) < 4.78 is 0. The Morgan fingerprint density at radius 2 is 2.00 bits per heavy atom. The van der Waals surface area contributed by atoms with Crippen LogP contribution in [0.2, 0.25) is 0 Å². The van der Waals surface area contributed by atoms with Crippen LogP contribution in [0.5, 0.6) is 0 Å². The van der Waals surface area contributed by atoms with Crippen molar-refractivity contribution in [2.24, 2.45) is 0 Å². The van der Waals surface area contributed by atoms with Crippen molar-refractivity contribution in [3.05, 3.63) is 29.8 Å². The van der Waals surface area contributed by atoms with Crippen molar-refractivity contribution in [1.29, 1.82) is 5.26 Å². The molecule has 1 amide bonds. The normalized spacial score (nSPS) is 15.9. The van der Waals surface area contributed by atoms with E-state index in [9.17, 15) is 4.79 Å². The second-order valence-electron chi connectivity index (χ2n) is 4.50. The van der Waals surface area contributed by atoms with E-state index in [1.165, 1.54) is 19.3 Å². The summed E-state index contributed by atoms with van der Waals surface area (Å²) in [5.74, 6) is -0.0553. The number of nitriles is 1. The Bertz CT molecular complexity index is 461. The third-order valence-corrected chi connectivity index (χ3v) is 3.89. The number of thiocyanates is 1. The highest BCUT2D eigenvalue weighted by atomic mass is 32.2. The molecule has 0 aliphatic heterocycles. The van der Waals surface area contributed by atoms with Crippen molar-refractivity contribution in [2.75, 3.05) is 0 Å². The van der Waals surface area contributed by atoms with Gasteiger partial charge in [0.15, 0.2) is 0 Å². The average molecular weight is 260 g/mol. The quantitative estimate of drug-likeness (QED) is 0.670. The minimum atomic E-state index is -0.0553. The molecule has 1 saturated carbocycles. The van der Waals surface area contributed by atoms with Crippen LogP contribution in [0.15, 0.2) is 29.2 Å². The molecule has 1 fully saturated rings. The van der Waals surface area contributed by atoms with Gasteiger partial charge in [-0.3, -0.25) is 4.79 Å². The molecule has 0 radical (unpaired) electrons. The second-order valence-corrected chi connectivity index (χ2v) is 5.32. The molecule has 0 spiro atoms. The third kappa shape index (κ3) is 3.27. The number of thioether (sulfide) groups is 1. The van der Waals surface area contributed by atoms with Crippen molar-refractivity contribution < 1.29 is 4.79 Å². The number of nitrogens with one attached hydrogen (secondary N) is 1. The fourth-order valence-corrected chi connectivity index (χ4v) is 2.82. The number of rotatable bonds is 3. The van der Waals surface area contributed by atoms with Crippen molar-refractivity contribution >= 4 is 17.7 Å². The van der Waals surface area contributed by atoms with Crippen molar-refractivity contribution in [3.8, 4) is 5.40 Å². The Morgan fingerprint density at radius 1 is 1.28 bits per heavy atom. The molecule has 0 aromatic heterocycles. The van der Waals surface area contributed by atoms with Gasteiger partial charge in [0.2, 0.25) is 0 Å². The summed E-state index contributed by atoms with van der Waals surface area (Å²) in [4.78, 5) is 12.9. The maximum absolute atomic E-state index is 12.2. The summed E-state index contributed by atoms with van der Waals surface area (Å²) in [6.45, 7) is 0. The van der Waals surface area contributed by atoms with Gasteiger partial charge in [0.05, 0.1) is 5.56 Å². The van der Waals surface area contributed by atoms with Gasteiger partial charge < -0.3 is 5.32 Å². The Balaban J connectivity index is 2.06. The Kier molecular flexibility index (Phi) is 4.66. The largest absolute Gasteiger partial charge is 0.349 e. The number of nitrogens with zero attached hydrogens (tertiary/aromatic N) is 1. The highest BCUT2D eigenvalue weighted by molar-refractivity contribution is 8.03. The lowest BCUT2D eigenvalue weighted by atomic mass is 9.95. The Morgan fingerprint density at radius 3 is 2.72 bits per heavy atom. The van der Waals surface area contributed by atoms with Gasteiger partial charge in [0.1, 0.15) is 5.40 Å². The number of benzene rings is 1. The Labute approximate surface area is 112 Å². The van der Waals surface area contributed by atoms with Crippen LogP contribution in [0.4, 0.5) is 0 Å². The SMILES string of the molecule is N#CSc1ccccc1C(=O)NC1CCCCC1. The highest BCUT2D eigenvalue weighted by Crippen LogP contribution is 2.23. The average Bonchev–Trinajstić information content (AvgIpc) is 2.41. The number of amides is 1. The zero-order valence-corrected chi connectivity index (χ0v) is 11.0. The molecule has 0 heterocycles. The fourth-order valence-electron chi connectivity index (χ4n) is 2.30. The molecule has 1 N–H and O–H groups in total. The standard InChI is InChI=1S/C14H16N2OS/c15-10-18-13-9-5-4-8-12(13)14(17)16-11-6-2-1-3-7-11/h4-5,8-9,11H,1-3,6-7H2,(H,16,17). The van der Waals surface area contributed by atoms with Crippen LogP contribution in [0.1, 0.15) is 42.5 Å². The fraction of sp³-hybridized carbons (Fsp3) is 0.429. The molecule has 0 atom stereocenters. The van der Waals surface area contributed by atoms with Crippen LogP contribution in [-0.4, -0.2) is 11.9 Å². The van der Waals surface area contributed by atoms with Crippen LogP contribution in [0.3, 0.4) is 0 Å². The molecular weight excluding hydrogens is 244 g/mol. The molecule has 2 rings (SSSR count). The van der Waals surface area contributed by atoms with E-state index < -0.39 is 0 Å². The summed E-state index contributed by atoms with van der Waals surface area (Å²) >= 11 is 1.04. The van der Waals surface area contributed by atoms with E-state index in [0.717, 1.165) is 29.5 Å². The number of hydrogen-bond acceptors (Lipinski definition) is 3. The first-order valence-corrected chi connectivity index (χ1v) is 7.08. The van der Waals surface area contributed by atoms with Gasteiger partial charge in [-0.1, -0.05) is 31.4 Å². The minimum Gasteiger partial charge on any atom is -0.349 e. The van der Waals surface area contributed by atoms with Gasteiger partial charge in [-0.15, -0.1) is 0 Å². The number of carbonyl (C=O) groups excluding carboxylic acids is 1. The number of carbonyl (C=O) groups is 1. The molecule has 1 aliphatic rings. The van der Waals surface area contributed by atoms with E-state index in [2.05, 4.69) is 5.32 Å². The second kappa shape index (κ2) is 6.46. The topological polar surface area (TPSA) is 52.9 Å². The van der Waals surface area contributed by atoms with Gasteiger partial charge in [0.25, 0.3) is 5.91 Å². The summed E-state index contributed by atoms with van der Waals surface area (Å²) in [5, 5.41) is 13.8. The predicted molar refractivity (Wildman–Crippen MR) is 72.3 cm³/mol. The molecule has 94 valence electrons. The van der Waals surface area contributed by atoms with E-state index >= 15 is 0 Å². The van der Waals surface area contributed by atoms with E-state index in [1.54, 1.807) is 6.07 Å². The first-order valence-electron chi connectivity index (χ1n) is 6.27. The zero-order chi connectivity index (χ0) is 12.8. The van der Waals surface area contributed by atoms with E-state index in [1.807, 2.05) is 23.6 Å². The smallest absolute Gasteiger partial charge is 0.252 e. The van der Waals surface area contributed by atoms with Crippen LogP contribution in [-0.2, 0) is 0 Å². The van der Waals surface area contributed by atoms with E-state index in [0.29, 0.717) is 11.6 Å². The molecule has 1 aromatic rings. The van der Waals surface area contributed by atoms with Crippen molar-refractivity contribution in [3.63, 3.8) is 0 Å². The molecule has 0 bridgehead atoms. The van der Waals surface area contributed by atoms with Gasteiger partial charge in [-0.2, -0.15) is 5.26 Å². The molecule has 18 heavy (non-hydrogen) atoms. The van der Waals surface area contributed by atoms with Crippen LogP contribution >= 0.6 is 11.8 Å². The van der Waals surface area contributed by atoms with Gasteiger partial charge in [0, 0.05) is 10.9 Å². The minimum absolute atomic E-state index is 0.0553. The van der Waals surface area contributed by atoms with E-state index in [-0.39, 0.29) is 5.91 Å². The lowest BCUT2D eigenvalue weighted by Gasteiger charge is -2.23. The predicted octanol–water partition coefficient (Wildman–Crippen LogP) is 3.32. The summed E-state index contributed by atoms with van der Waals surface area (Å²) in [7, 11) is 0. The Hall–Kier alpha value is -1.47. The van der Waals surface area contributed by atoms with E-state index in [4.69, 9.17) is 5.26 Å². The monoisotopic (exact) mass is 260 g/mol. The third-order valence-electron chi connectivity index (χ3n) is 3.23. The van der Waals surface area contributed by atoms with Crippen molar-refractivity contribution in [1.82, 2.24) is 5.32 Å². The first kappa shape index (κ1) is 13.0. The molecule has 0 unspecified atom stereocenters. The van der Waals surface area contributed by atoms with Gasteiger partial charge in [-0.25, -0.2) is 0 Å². The lowest BCUT2D eigenvalue weighted by molar-refractivity contribution is 0.0925. The van der Waals surface area contributed by atoms with Crippen LogP contribution in [0.25, 0.3) is 0 Å². The number of hydrogen-bond donors (Lipinski definition) is 1. The molecule has 4 heteroatoms. The van der Waals surface area contributed by atoms with Gasteiger partial charge in [-0.05, 0) is 36.7 Å². The summed E-state index contributed by atoms with van der Waals surface area (Å²) in [5.41, 5.74) is 0.606. The zero-order valence-electron chi connectivity index (χ0n) is 10.2.